The van der Waals surface area contributed by atoms with E-state index < -0.39 is 5.97 Å². The van der Waals surface area contributed by atoms with Gasteiger partial charge in [0.25, 0.3) is 0 Å². The zero-order chi connectivity index (χ0) is 13.8. The maximum atomic E-state index is 11.6. The number of nitrogen functional groups attached to an aromatic ring is 1. The van der Waals surface area contributed by atoms with E-state index in [1.165, 1.54) is 18.2 Å². The molecule has 0 amide bonds. The summed E-state index contributed by atoms with van der Waals surface area (Å²) in [5.74, 6) is 0.230. The van der Waals surface area contributed by atoms with E-state index in [0.717, 1.165) is 6.54 Å². The Labute approximate surface area is 115 Å². The van der Waals surface area contributed by atoms with Crippen LogP contribution in [0.25, 0.3) is 0 Å². The third-order valence-corrected chi connectivity index (χ3v) is 3.55. The molecule has 0 aliphatic carbocycles. The van der Waals surface area contributed by atoms with Crippen molar-refractivity contribution < 1.29 is 9.53 Å². The van der Waals surface area contributed by atoms with E-state index in [1.807, 2.05) is 23.4 Å². The molecule has 2 heterocycles. The summed E-state index contributed by atoms with van der Waals surface area (Å²) >= 11 is 1.68. The Kier molecular flexibility index (Phi) is 4.01. The van der Waals surface area contributed by atoms with Crippen molar-refractivity contribution in [3.63, 3.8) is 0 Å². The van der Waals surface area contributed by atoms with Gasteiger partial charge in [0.2, 0.25) is 0 Å². The second kappa shape index (κ2) is 5.71. The van der Waals surface area contributed by atoms with Crippen molar-refractivity contribution in [3.8, 4) is 0 Å². The normalized spacial score (nSPS) is 10.2. The molecule has 2 N–H and O–H groups in total. The van der Waals surface area contributed by atoms with E-state index in [-0.39, 0.29) is 0 Å². The molecule has 0 radical (unpaired) electrons. The number of hydrogen-bond acceptors (Lipinski definition) is 6. The maximum absolute atomic E-state index is 11.6. The van der Waals surface area contributed by atoms with Gasteiger partial charge in [0.05, 0.1) is 31.1 Å². The molecular formula is C13H15N3O2S. The molecule has 0 atom stereocenters. The summed E-state index contributed by atoms with van der Waals surface area (Å²) in [7, 11) is 3.25. The van der Waals surface area contributed by atoms with E-state index in [4.69, 9.17) is 10.5 Å². The minimum absolute atomic E-state index is 0.320. The number of methoxy groups -OCH3 is 1. The molecule has 0 bridgehead atoms. The van der Waals surface area contributed by atoms with Crippen molar-refractivity contribution in [2.24, 2.45) is 0 Å². The highest BCUT2D eigenvalue weighted by Gasteiger charge is 2.13. The standard InChI is InChI=1S/C13H15N3O2S/c1-16(8-9-4-3-5-19-9)12-6-10(13(17)18-2)11(14)7-15-12/h3-7H,8,14H2,1-2H3. The first-order valence-corrected chi connectivity index (χ1v) is 6.57. The van der Waals surface area contributed by atoms with Crippen molar-refractivity contribution in [1.29, 1.82) is 0 Å². The smallest absolute Gasteiger partial charge is 0.340 e. The molecule has 0 aromatic carbocycles. The highest BCUT2D eigenvalue weighted by atomic mass is 32.1. The van der Waals surface area contributed by atoms with Gasteiger partial charge in [0.15, 0.2) is 0 Å². The fraction of sp³-hybridized carbons (Fsp3) is 0.231. The predicted molar refractivity (Wildman–Crippen MR) is 76.4 cm³/mol. The second-order valence-corrected chi connectivity index (χ2v) is 5.09. The average Bonchev–Trinajstić information content (AvgIpc) is 2.91. The van der Waals surface area contributed by atoms with Gasteiger partial charge in [-0.25, -0.2) is 9.78 Å². The summed E-state index contributed by atoms with van der Waals surface area (Å²) < 4.78 is 4.69. The van der Waals surface area contributed by atoms with Crippen LogP contribution in [0.3, 0.4) is 0 Å². The second-order valence-electron chi connectivity index (χ2n) is 4.06. The minimum Gasteiger partial charge on any atom is -0.465 e. The number of esters is 1. The summed E-state index contributed by atoms with van der Waals surface area (Å²) in [6, 6.07) is 5.71. The lowest BCUT2D eigenvalue weighted by atomic mass is 10.2. The highest BCUT2D eigenvalue weighted by molar-refractivity contribution is 7.09. The third-order valence-electron chi connectivity index (χ3n) is 2.69. The summed E-state index contributed by atoms with van der Waals surface area (Å²) in [6.45, 7) is 0.731. The monoisotopic (exact) mass is 277 g/mol. The minimum atomic E-state index is -0.453. The fourth-order valence-electron chi connectivity index (χ4n) is 1.67. The average molecular weight is 277 g/mol. The van der Waals surface area contributed by atoms with Gasteiger partial charge in [-0.15, -0.1) is 11.3 Å². The summed E-state index contributed by atoms with van der Waals surface area (Å²) in [5.41, 5.74) is 6.38. The lowest BCUT2D eigenvalue weighted by molar-refractivity contribution is 0.0602. The number of anilines is 2. The van der Waals surface area contributed by atoms with E-state index in [0.29, 0.717) is 17.1 Å². The molecule has 0 aliphatic heterocycles. The van der Waals surface area contributed by atoms with Crippen molar-refractivity contribution >= 4 is 28.8 Å². The number of nitrogens with two attached hydrogens (primary N) is 1. The van der Waals surface area contributed by atoms with Crippen molar-refractivity contribution in [2.75, 3.05) is 24.8 Å². The number of nitrogens with zero attached hydrogens (tertiary/aromatic N) is 2. The molecule has 2 rings (SSSR count). The number of pyridine rings is 1. The van der Waals surface area contributed by atoms with Crippen molar-refractivity contribution in [1.82, 2.24) is 4.98 Å². The number of carbonyl (C=O) groups is 1. The largest absolute Gasteiger partial charge is 0.465 e. The molecular weight excluding hydrogens is 262 g/mol. The molecule has 0 saturated carbocycles. The molecule has 6 heteroatoms. The van der Waals surface area contributed by atoms with Gasteiger partial charge in [-0.2, -0.15) is 0 Å². The van der Waals surface area contributed by atoms with E-state index in [9.17, 15) is 4.79 Å². The molecule has 0 fully saturated rings. The molecule has 5 nitrogen and oxygen atoms in total. The third kappa shape index (κ3) is 3.03. The van der Waals surface area contributed by atoms with Gasteiger partial charge in [-0.05, 0) is 17.5 Å². The van der Waals surface area contributed by atoms with Crippen LogP contribution in [0.4, 0.5) is 11.5 Å². The van der Waals surface area contributed by atoms with Crippen LogP contribution >= 0.6 is 11.3 Å². The van der Waals surface area contributed by atoms with Crippen LogP contribution in [0, 0.1) is 0 Å². The van der Waals surface area contributed by atoms with Gasteiger partial charge >= 0.3 is 5.97 Å². The van der Waals surface area contributed by atoms with Gasteiger partial charge in [0, 0.05) is 11.9 Å². The van der Waals surface area contributed by atoms with Crippen LogP contribution in [0.5, 0.6) is 0 Å². The first-order valence-electron chi connectivity index (χ1n) is 5.69. The Balaban J connectivity index is 2.22. The Morgan fingerprint density at radius 3 is 3.00 bits per heavy atom. The molecule has 2 aromatic rings. The number of rotatable bonds is 4. The van der Waals surface area contributed by atoms with E-state index in [2.05, 4.69) is 11.1 Å². The lowest BCUT2D eigenvalue weighted by Crippen LogP contribution is -2.18. The van der Waals surface area contributed by atoms with Crippen LogP contribution in [0.1, 0.15) is 15.2 Å². The van der Waals surface area contributed by atoms with Crippen LogP contribution in [0.15, 0.2) is 29.8 Å². The van der Waals surface area contributed by atoms with Crippen LogP contribution in [-0.2, 0) is 11.3 Å². The molecule has 0 unspecified atom stereocenters. The van der Waals surface area contributed by atoms with Gasteiger partial charge in [0.1, 0.15) is 5.82 Å². The Morgan fingerprint density at radius 2 is 2.37 bits per heavy atom. The van der Waals surface area contributed by atoms with Gasteiger partial charge < -0.3 is 15.4 Å². The predicted octanol–water partition coefficient (Wildman–Crippen LogP) is 2.15. The summed E-state index contributed by atoms with van der Waals surface area (Å²) in [5, 5.41) is 2.03. The molecule has 100 valence electrons. The molecule has 0 aliphatic rings. The summed E-state index contributed by atoms with van der Waals surface area (Å²) in [4.78, 5) is 19.0. The molecule has 0 spiro atoms. The van der Waals surface area contributed by atoms with Crippen molar-refractivity contribution in [3.05, 3.63) is 40.2 Å². The van der Waals surface area contributed by atoms with Crippen LogP contribution < -0.4 is 10.6 Å². The number of aromatic nitrogens is 1. The Hall–Kier alpha value is -2.08. The Bertz CT molecular complexity index is 569. The zero-order valence-electron chi connectivity index (χ0n) is 10.8. The first kappa shape index (κ1) is 13.4. The van der Waals surface area contributed by atoms with E-state index in [1.54, 1.807) is 17.4 Å². The zero-order valence-corrected chi connectivity index (χ0v) is 11.6. The number of thiophene rings is 1. The SMILES string of the molecule is COC(=O)c1cc(N(C)Cc2cccs2)ncc1N. The molecule has 2 aromatic heterocycles. The van der Waals surface area contributed by atoms with Crippen LogP contribution in [0.2, 0.25) is 0 Å². The maximum Gasteiger partial charge on any atom is 0.340 e. The van der Waals surface area contributed by atoms with E-state index >= 15 is 0 Å². The lowest BCUT2D eigenvalue weighted by Gasteiger charge is -2.18. The van der Waals surface area contributed by atoms with Crippen molar-refractivity contribution in [2.45, 2.75) is 6.54 Å². The highest BCUT2D eigenvalue weighted by Crippen LogP contribution is 2.20. The molecule has 19 heavy (non-hydrogen) atoms. The first-order chi connectivity index (χ1) is 9.11. The topological polar surface area (TPSA) is 68.5 Å². The summed E-state index contributed by atoms with van der Waals surface area (Å²) in [6.07, 6.45) is 1.48. The molecule has 0 saturated heterocycles. The quantitative estimate of drug-likeness (QED) is 0.867. The fourth-order valence-corrected chi connectivity index (χ4v) is 2.42. The van der Waals surface area contributed by atoms with Gasteiger partial charge in [-0.1, -0.05) is 6.07 Å². The number of ether oxygens (including phenoxy) is 1. The van der Waals surface area contributed by atoms with Gasteiger partial charge in [-0.3, -0.25) is 0 Å². The Morgan fingerprint density at radius 1 is 1.58 bits per heavy atom. The number of hydrogen-bond donors (Lipinski definition) is 1. The number of carbonyl (C=O) groups excluding carboxylic acids is 1. The van der Waals surface area contributed by atoms with Crippen LogP contribution in [-0.4, -0.2) is 25.1 Å².